The fourth-order valence-corrected chi connectivity index (χ4v) is 12.2. The van der Waals surface area contributed by atoms with Crippen LogP contribution in [-0.4, -0.2) is 66.7 Å². The van der Waals surface area contributed by atoms with Crippen molar-refractivity contribution in [2.45, 2.75) is 195 Å². The number of unbranched alkanes of at least 4 members (excludes halogenated alkanes) is 2. The van der Waals surface area contributed by atoms with Crippen molar-refractivity contribution in [3.05, 3.63) is 57.3 Å². The number of hydrogen-bond donors (Lipinski definition) is 4. The lowest BCUT2D eigenvalue weighted by atomic mass is 9.75. The fourth-order valence-electron chi connectivity index (χ4n) is 12.2. The minimum atomic E-state index is -0.567. The van der Waals surface area contributed by atoms with Crippen LogP contribution in [-0.2, 0) is 34.8 Å². The summed E-state index contributed by atoms with van der Waals surface area (Å²) in [4.78, 5) is 73.7. The number of amides is 4. The van der Waals surface area contributed by atoms with Gasteiger partial charge in [0.1, 0.15) is 6.04 Å². The van der Waals surface area contributed by atoms with Gasteiger partial charge in [0.05, 0.1) is 16.8 Å². The Morgan fingerprint density at radius 1 is 0.691 bits per heavy atom. The van der Waals surface area contributed by atoms with E-state index >= 15 is 9.90 Å². The molecule has 0 aromatic heterocycles. The number of Topliss-reactive ketones (excluding diaryl/α,β-unsaturated/α-hetero) is 1. The second-order valence-electron chi connectivity index (χ2n) is 22.3. The zero-order valence-electron chi connectivity index (χ0n) is 43.2. The number of carbonyl (C=O) groups is 5. The molecule has 6 unspecified atom stereocenters. The Morgan fingerprint density at radius 3 is 1.66 bits per heavy atom. The second kappa shape index (κ2) is 20.2. The Hall–Kier alpha value is -5.00. The van der Waals surface area contributed by atoms with Crippen molar-refractivity contribution < 1.29 is 29.1 Å². The molecule has 0 spiro atoms. The van der Waals surface area contributed by atoms with Gasteiger partial charge in [-0.1, -0.05) is 72.0 Å². The van der Waals surface area contributed by atoms with Gasteiger partial charge in [-0.3, -0.25) is 24.0 Å². The van der Waals surface area contributed by atoms with Crippen LogP contribution in [0.2, 0.25) is 0 Å². The molecule has 4 amide bonds. The van der Waals surface area contributed by atoms with Crippen LogP contribution in [0.3, 0.4) is 0 Å². The summed E-state index contributed by atoms with van der Waals surface area (Å²) in [6.45, 7) is 26.9. The van der Waals surface area contributed by atoms with Crippen molar-refractivity contribution >= 4 is 57.6 Å². The zero-order valence-corrected chi connectivity index (χ0v) is 43.2. The van der Waals surface area contributed by atoms with Gasteiger partial charge in [0, 0.05) is 93.5 Å². The number of rotatable bonds is 15. The summed E-state index contributed by atoms with van der Waals surface area (Å²) in [5.74, 6) is -3.78. The normalized spacial score (nSPS) is 25.8. The van der Waals surface area contributed by atoms with E-state index in [-0.39, 0.29) is 69.8 Å². The third kappa shape index (κ3) is 9.14. The molecule has 2 aliphatic heterocycles. The topological polar surface area (TPSA) is 163 Å². The number of nitrogens with one attached hydrogen (secondary N) is 4. The molecule has 12 nitrogen and oxygen atoms in total. The first-order valence-electron chi connectivity index (χ1n) is 26.1. The van der Waals surface area contributed by atoms with E-state index in [1.165, 1.54) is 0 Å². The lowest BCUT2D eigenvalue weighted by Gasteiger charge is -2.34. The standard InChI is InChI=1S/C56H80N6O6/c1-13-15-25-57-51(65)35-21-17-19-23-37(35)53(67)59-43-29-45-41(55(9,10)33(7)61(45)31(3)4)27-39(43)47-49(63)48(50(47)64)40-28-42-46(62(32(5)6)34(8)56(42,11)12)30-44(40)60-54(68)38-24-20-18-22-36(38)52(66)58-26-16-14-2/h27-38H,13-26H2,1-12H3,(H4,57,58,59,60,63,64,65,66,67,68). The zero-order chi connectivity index (χ0) is 49.6. The maximum absolute atomic E-state index is 15.1. The number of allylic oxidation sites excluding steroid dienone is 2. The maximum Gasteiger partial charge on any atom is 0.228 e. The van der Waals surface area contributed by atoms with Crippen molar-refractivity contribution in [3.63, 3.8) is 0 Å². The summed E-state index contributed by atoms with van der Waals surface area (Å²) in [5.41, 5.74) is 3.28. The van der Waals surface area contributed by atoms with Crippen molar-refractivity contribution in [2.75, 3.05) is 28.6 Å². The van der Waals surface area contributed by atoms with Crippen molar-refractivity contribution in [3.8, 4) is 0 Å². The molecule has 0 radical (unpaired) electrons. The highest BCUT2D eigenvalue weighted by Gasteiger charge is 2.48. The SMILES string of the molecule is CCCCNC(=O)C1CCCCC1C(=O)Nc1cc2c(cc1C1=C([O-])/C(=c3/cc4c(cc3NC(=O)C3CCCCC3C(=O)NCCCC)=[N+](C(C)C)C(C)C4(C)C)C1=O)C(C)(C)C(C)N2C(C)C. The lowest BCUT2D eigenvalue weighted by Crippen LogP contribution is -2.43. The monoisotopic (exact) mass is 933 g/mol. The lowest BCUT2D eigenvalue weighted by molar-refractivity contribution is -0.292. The third-order valence-corrected chi connectivity index (χ3v) is 16.8. The van der Waals surface area contributed by atoms with Crippen molar-refractivity contribution in [1.29, 1.82) is 0 Å². The van der Waals surface area contributed by atoms with E-state index in [1.54, 1.807) is 0 Å². The highest BCUT2D eigenvalue weighted by Crippen LogP contribution is 2.51. The number of ketones is 1. The average molecular weight is 933 g/mol. The van der Waals surface area contributed by atoms with E-state index in [4.69, 9.17) is 0 Å². The van der Waals surface area contributed by atoms with Crippen molar-refractivity contribution in [1.82, 2.24) is 15.2 Å². The van der Waals surface area contributed by atoms with Crippen molar-refractivity contribution in [2.24, 2.45) is 23.7 Å². The molecule has 4 N–H and O–H groups in total. The molecule has 0 saturated heterocycles. The summed E-state index contributed by atoms with van der Waals surface area (Å²) >= 11 is 0. The molecule has 12 heteroatoms. The van der Waals surface area contributed by atoms with Gasteiger partial charge < -0.3 is 31.3 Å². The van der Waals surface area contributed by atoms with Gasteiger partial charge in [-0.2, -0.15) is 0 Å². The molecule has 2 heterocycles. The van der Waals surface area contributed by atoms with Crippen LogP contribution in [0.5, 0.6) is 0 Å². The molecular weight excluding hydrogens is 853 g/mol. The van der Waals surface area contributed by atoms with Crippen LogP contribution in [0, 0.1) is 23.7 Å². The van der Waals surface area contributed by atoms with Gasteiger partial charge in [0.2, 0.25) is 29.0 Å². The van der Waals surface area contributed by atoms with E-state index in [0.29, 0.717) is 60.9 Å². The smallest absolute Gasteiger partial charge is 0.228 e. The highest BCUT2D eigenvalue weighted by atomic mass is 16.3. The number of nitrogens with zero attached hydrogens (tertiary/aromatic N) is 2. The highest BCUT2D eigenvalue weighted by molar-refractivity contribution is 6.52. The van der Waals surface area contributed by atoms with Crippen LogP contribution in [0.15, 0.2) is 30.0 Å². The first kappa shape index (κ1) is 50.9. The molecule has 3 aliphatic carbocycles. The Balaban J connectivity index is 1.38. The predicted molar refractivity (Wildman–Crippen MR) is 270 cm³/mol. The Kier molecular flexibility index (Phi) is 15.1. The molecule has 5 aliphatic rings. The van der Waals surface area contributed by atoms with Gasteiger partial charge in [-0.15, -0.1) is 0 Å². The summed E-state index contributed by atoms with van der Waals surface area (Å²) in [7, 11) is 0. The number of benzene rings is 2. The molecule has 68 heavy (non-hydrogen) atoms. The van der Waals surface area contributed by atoms with Gasteiger partial charge in [0.15, 0.2) is 11.8 Å². The maximum atomic E-state index is 15.1. The summed E-state index contributed by atoms with van der Waals surface area (Å²) in [6.07, 6.45) is 9.35. The summed E-state index contributed by atoms with van der Waals surface area (Å²) in [6, 6.07) is 8.14. The molecule has 2 aromatic rings. The Labute approximate surface area is 405 Å². The van der Waals surface area contributed by atoms with Gasteiger partial charge in [0.25, 0.3) is 0 Å². The molecular formula is C56H80N6O6. The third-order valence-electron chi connectivity index (χ3n) is 16.8. The van der Waals surface area contributed by atoms with Gasteiger partial charge >= 0.3 is 0 Å². The molecule has 7 rings (SSSR count). The molecule has 2 aromatic carbocycles. The average Bonchev–Trinajstić information content (AvgIpc) is 3.62. The number of fused-ring (bicyclic) bond motifs is 2. The first-order chi connectivity index (χ1) is 32.2. The Morgan fingerprint density at radius 2 is 1.19 bits per heavy atom. The molecule has 6 atom stereocenters. The molecule has 0 bridgehead atoms. The van der Waals surface area contributed by atoms with Crippen LogP contribution in [0.25, 0.3) is 11.1 Å². The van der Waals surface area contributed by atoms with E-state index < -0.39 is 35.2 Å². The largest absolute Gasteiger partial charge is 0.871 e. The van der Waals surface area contributed by atoms with Gasteiger partial charge in [-0.05, 0) is 118 Å². The summed E-state index contributed by atoms with van der Waals surface area (Å²) < 4.78 is 2.33. The predicted octanol–water partition coefficient (Wildman–Crippen LogP) is 6.99. The minimum Gasteiger partial charge on any atom is -0.871 e. The minimum absolute atomic E-state index is 0.00708. The molecule has 2 fully saturated rings. The van der Waals surface area contributed by atoms with E-state index in [0.717, 1.165) is 73.5 Å². The number of hydrogen-bond acceptors (Lipinski definition) is 7. The summed E-state index contributed by atoms with van der Waals surface area (Å²) in [5, 5.41) is 29.0. The van der Waals surface area contributed by atoms with Gasteiger partial charge in [-0.25, -0.2) is 4.58 Å². The number of anilines is 3. The van der Waals surface area contributed by atoms with E-state index in [9.17, 15) is 19.2 Å². The Bertz CT molecular complexity index is 2500. The van der Waals surface area contributed by atoms with Crippen LogP contribution < -0.4 is 46.4 Å². The van der Waals surface area contributed by atoms with Crippen LogP contribution in [0.4, 0.5) is 17.1 Å². The molecule has 370 valence electrons. The fraction of sp³-hybridized carbons (Fsp3) is 0.643. The van der Waals surface area contributed by atoms with Crippen LogP contribution in [0.1, 0.15) is 177 Å². The number of carbonyl (C=O) groups excluding carboxylic acids is 5. The quantitative estimate of drug-likeness (QED) is 0.111. The first-order valence-corrected chi connectivity index (χ1v) is 26.1. The second-order valence-corrected chi connectivity index (χ2v) is 22.3. The molecule has 2 saturated carbocycles. The van der Waals surface area contributed by atoms with Crippen LogP contribution >= 0.6 is 0 Å². The van der Waals surface area contributed by atoms with E-state index in [2.05, 4.69) is 114 Å². The van der Waals surface area contributed by atoms with E-state index in [1.807, 2.05) is 24.3 Å².